The molecule has 6 heteroatoms. The van der Waals surface area contributed by atoms with Gasteiger partial charge >= 0.3 is 5.97 Å². The zero-order valence-corrected chi connectivity index (χ0v) is 23.2. The number of pyridine rings is 2. The summed E-state index contributed by atoms with van der Waals surface area (Å²) in [5.41, 5.74) is 3.65. The van der Waals surface area contributed by atoms with Crippen molar-refractivity contribution in [1.29, 1.82) is 0 Å². The Balaban J connectivity index is 1.16. The van der Waals surface area contributed by atoms with Gasteiger partial charge in [0, 0.05) is 10.8 Å². The number of aromatic nitrogens is 2. The predicted octanol–water partition coefficient (Wildman–Crippen LogP) is 7.72. The van der Waals surface area contributed by atoms with Crippen molar-refractivity contribution in [3.8, 4) is 11.5 Å². The van der Waals surface area contributed by atoms with E-state index in [-0.39, 0.29) is 0 Å². The first-order valence-corrected chi connectivity index (χ1v) is 13.9. The first kappa shape index (κ1) is 27.0. The quantitative estimate of drug-likeness (QED) is 0.187. The van der Waals surface area contributed by atoms with Crippen LogP contribution in [0, 0.1) is 0 Å². The summed E-state index contributed by atoms with van der Waals surface area (Å²) in [6, 6.07) is 38.5. The van der Waals surface area contributed by atoms with Gasteiger partial charge < -0.3 is 14.6 Å². The summed E-state index contributed by atoms with van der Waals surface area (Å²) in [6.45, 7) is 2.52. The lowest BCUT2D eigenvalue weighted by Gasteiger charge is -2.29. The zero-order chi connectivity index (χ0) is 28.9. The summed E-state index contributed by atoms with van der Waals surface area (Å²) in [4.78, 5) is 22.1. The van der Waals surface area contributed by atoms with Crippen molar-refractivity contribution in [2.24, 2.45) is 0 Å². The van der Waals surface area contributed by atoms with Crippen molar-refractivity contribution in [3.63, 3.8) is 0 Å². The minimum atomic E-state index is -1.21. The molecule has 0 spiro atoms. The third-order valence-corrected chi connectivity index (χ3v) is 7.68. The van der Waals surface area contributed by atoms with Gasteiger partial charge in [0.2, 0.25) is 0 Å². The van der Waals surface area contributed by atoms with Gasteiger partial charge in [0.05, 0.1) is 22.4 Å². The number of ether oxygens (including phenoxy) is 2. The SMILES string of the molecule is CCC(C(=O)O)(c1ccc(OCc2ccc3ccccc3n2)cc1)c1ccc(OCc2ccc3ccccc3n2)cc1. The molecule has 0 unspecified atom stereocenters. The maximum Gasteiger partial charge on any atom is 0.318 e. The van der Waals surface area contributed by atoms with E-state index in [0.29, 0.717) is 42.3 Å². The van der Waals surface area contributed by atoms with Gasteiger partial charge in [-0.1, -0.05) is 79.7 Å². The van der Waals surface area contributed by atoms with Crippen molar-refractivity contribution in [2.75, 3.05) is 0 Å². The molecule has 6 nitrogen and oxygen atoms in total. The van der Waals surface area contributed by atoms with Crippen molar-refractivity contribution in [2.45, 2.75) is 32.0 Å². The van der Waals surface area contributed by atoms with E-state index in [4.69, 9.17) is 9.47 Å². The molecule has 0 saturated heterocycles. The first-order valence-electron chi connectivity index (χ1n) is 13.9. The summed E-state index contributed by atoms with van der Waals surface area (Å²) in [5, 5.41) is 12.6. The Labute approximate surface area is 244 Å². The molecule has 208 valence electrons. The van der Waals surface area contributed by atoms with Crippen LogP contribution in [0.15, 0.2) is 121 Å². The topological polar surface area (TPSA) is 81.5 Å². The Bertz CT molecular complexity index is 1720. The minimum absolute atomic E-state index is 0.318. The van der Waals surface area contributed by atoms with Gasteiger partial charge in [0.1, 0.15) is 30.1 Å². The molecule has 4 aromatic carbocycles. The van der Waals surface area contributed by atoms with Gasteiger partial charge in [-0.3, -0.25) is 4.79 Å². The number of carboxylic acid groups (broad SMARTS) is 1. The highest BCUT2D eigenvalue weighted by Crippen LogP contribution is 2.38. The van der Waals surface area contributed by atoms with E-state index in [9.17, 15) is 9.90 Å². The second-order valence-electron chi connectivity index (χ2n) is 10.2. The van der Waals surface area contributed by atoms with Crippen molar-refractivity contribution < 1.29 is 19.4 Å². The third kappa shape index (κ3) is 5.39. The van der Waals surface area contributed by atoms with Crippen LogP contribution in [0.5, 0.6) is 11.5 Å². The van der Waals surface area contributed by atoms with E-state index in [1.807, 2.05) is 128 Å². The third-order valence-electron chi connectivity index (χ3n) is 7.68. The fraction of sp³-hybridized carbons (Fsp3) is 0.139. The monoisotopic (exact) mass is 554 g/mol. The van der Waals surface area contributed by atoms with Gasteiger partial charge in [-0.15, -0.1) is 0 Å². The molecular weight excluding hydrogens is 524 g/mol. The van der Waals surface area contributed by atoms with Crippen LogP contribution >= 0.6 is 0 Å². The van der Waals surface area contributed by atoms with Gasteiger partial charge in [-0.05, 0) is 66.1 Å². The van der Waals surface area contributed by atoms with Crippen LogP contribution in [0.25, 0.3) is 21.8 Å². The number of hydrogen-bond donors (Lipinski definition) is 1. The molecule has 0 aliphatic rings. The highest BCUT2D eigenvalue weighted by Gasteiger charge is 2.40. The van der Waals surface area contributed by atoms with E-state index in [1.54, 1.807) is 0 Å². The van der Waals surface area contributed by atoms with Crippen LogP contribution in [-0.2, 0) is 23.4 Å². The maximum atomic E-state index is 12.8. The van der Waals surface area contributed by atoms with Gasteiger partial charge in [-0.25, -0.2) is 9.97 Å². The number of aliphatic carboxylic acids is 1. The predicted molar refractivity (Wildman–Crippen MR) is 164 cm³/mol. The number of para-hydroxylation sites is 2. The molecule has 0 bridgehead atoms. The average molecular weight is 555 g/mol. The average Bonchev–Trinajstić information content (AvgIpc) is 3.04. The molecule has 0 fully saturated rings. The largest absolute Gasteiger partial charge is 0.487 e. The first-order chi connectivity index (χ1) is 20.5. The van der Waals surface area contributed by atoms with Crippen LogP contribution in [0.3, 0.4) is 0 Å². The number of fused-ring (bicyclic) bond motifs is 2. The summed E-state index contributed by atoms with van der Waals surface area (Å²) in [5.74, 6) is 0.387. The Morgan fingerprint density at radius 3 is 1.45 bits per heavy atom. The van der Waals surface area contributed by atoms with E-state index in [2.05, 4.69) is 9.97 Å². The maximum absolute atomic E-state index is 12.8. The van der Waals surface area contributed by atoms with Crippen LogP contribution in [0.1, 0.15) is 35.9 Å². The Morgan fingerprint density at radius 1 is 0.619 bits per heavy atom. The van der Waals surface area contributed by atoms with Crippen LogP contribution < -0.4 is 9.47 Å². The lowest BCUT2D eigenvalue weighted by atomic mass is 9.72. The molecule has 6 rings (SSSR count). The molecule has 0 amide bonds. The van der Waals surface area contributed by atoms with Gasteiger partial charge in [0.25, 0.3) is 0 Å². The van der Waals surface area contributed by atoms with E-state index < -0.39 is 11.4 Å². The summed E-state index contributed by atoms with van der Waals surface area (Å²) in [7, 11) is 0. The molecule has 42 heavy (non-hydrogen) atoms. The lowest BCUT2D eigenvalue weighted by Crippen LogP contribution is -2.36. The summed E-state index contributed by atoms with van der Waals surface area (Å²) >= 11 is 0. The fourth-order valence-electron chi connectivity index (χ4n) is 5.34. The summed E-state index contributed by atoms with van der Waals surface area (Å²) < 4.78 is 12.0. The number of hydrogen-bond acceptors (Lipinski definition) is 5. The molecular formula is C36H30N2O4. The molecule has 0 radical (unpaired) electrons. The van der Waals surface area contributed by atoms with Crippen molar-refractivity contribution in [1.82, 2.24) is 9.97 Å². The highest BCUT2D eigenvalue weighted by molar-refractivity contribution is 5.86. The molecule has 0 aliphatic heterocycles. The molecule has 0 saturated carbocycles. The molecule has 0 atom stereocenters. The Hall–Kier alpha value is -5.23. The standard InChI is InChI=1S/C36H30N2O4/c1-2-36(35(39)40,27-13-19-31(20-14-27)41-23-29-17-11-25-7-3-5-9-33(25)37-29)28-15-21-32(22-16-28)42-24-30-18-12-26-8-4-6-10-34(26)38-30/h3-22H,2,23-24H2,1H3,(H,39,40). The fourth-order valence-corrected chi connectivity index (χ4v) is 5.34. The van der Waals surface area contributed by atoms with E-state index in [0.717, 1.165) is 33.2 Å². The molecule has 2 heterocycles. The number of rotatable bonds is 10. The number of carbonyl (C=O) groups is 1. The smallest absolute Gasteiger partial charge is 0.318 e. The Kier molecular flexibility index (Phi) is 7.52. The second-order valence-corrected chi connectivity index (χ2v) is 10.2. The van der Waals surface area contributed by atoms with Crippen LogP contribution in [-0.4, -0.2) is 21.0 Å². The van der Waals surface area contributed by atoms with Gasteiger partial charge in [0.15, 0.2) is 0 Å². The number of benzene rings is 4. The minimum Gasteiger partial charge on any atom is -0.487 e. The van der Waals surface area contributed by atoms with Crippen molar-refractivity contribution >= 4 is 27.8 Å². The second kappa shape index (κ2) is 11.7. The summed E-state index contributed by atoms with van der Waals surface area (Å²) in [6.07, 6.45) is 0.380. The van der Waals surface area contributed by atoms with Gasteiger partial charge in [-0.2, -0.15) is 0 Å². The molecule has 0 aliphatic carbocycles. The molecule has 6 aromatic rings. The molecule has 1 N–H and O–H groups in total. The van der Waals surface area contributed by atoms with E-state index >= 15 is 0 Å². The normalized spacial score (nSPS) is 11.5. The lowest BCUT2D eigenvalue weighted by molar-refractivity contribution is -0.142. The van der Waals surface area contributed by atoms with Crippen molar-refractivity contribution in [3.05, 3.63) is 144 Å². The number of nitrogens with zero attached hydrogens (tertiary/aromatic N) is 2. The highest BCUT2D eigenvalue weighted by atomic mass is 16.5. The zero-order valence-electron chi connectivity index (χ0n) is 23.2. The van der Waals surface area contributed by atoms with Crippen LogP contribution in [0.2, 0.25) is 0 Å². The Morgan fingerprint density at radius 2 is 1.05 bits per heavy atom. The molecule has 2 aromatic heterocycles. The number of carboxylic acids is 1. The van der Waals surface area contributed by atoms with E-state index in [1.165, 1.54) is 0 Å². The van der Waals surface area contributed by atoms with Crippen LogP contribution in [0.4, 0.5) is 0 Å².